The Morgan fingerprint density at radius 1 is 1.00 bits per heavy atom. The first-order valence-electron chi connectivity index (χ1n) is 12.0. The van der Waals surface area contributed by atoms with Crippen molar-refractivity contribution in [2.24, 2.45) is 0 Å². The zero-order chi connectivity index (χ0) is 24.8. The van der Waals surface area contributed by atoms with Crippen LogP contribution in [0, 0.1) is 0 Å². The average Bonchev–Trinajstić information content (AvgIpc) is 2.88. The molecule has 3 aromatic rings. The summed E-state index contributed by atoms with van der Waals surface area (Å²) in [5.41, 5.74) is 3.02. The first kappa shape index (κ1) is 24.4. The van der Waals surface area contributed by atoms with Crippen LogP contribution in [-0.4, -0.2) is 41.0 Å². The topological polar surface area (TPSA) is 74.8 Å². The van der Waals surface area contributed by atoms with Gasteiger partial charge in [0.25, 0.3) is 5.91 Å². The Morgan fingerprint density at radius 3 is 2.31 bits per heavy atom. The molecule has 0 unspecified atom stereocenters. The first-order valence-corrected chi connectivity index (χ1v) is 12.0. The van der Waals surface area contributed by atoms with E-state index in [-0.39, 0.29) is 11.8 Å². The number of para-hydroxylation sites is 1. The minimum atomic E-state index is -0.547. The van der Waals surface area contributed by atoms with Crippen molar-refractivity contribution in [2.75, 3.05) is 17.3 Å². The molecule has 2 amide bonds. The van der Waals surface area contributed by atoms with Crippen LogP contribution in [0.1, 0.15) is 49.0 Å². The van der Waals surface area contributed by atoms with Gasteiger partial charge in [0.1, 0.15) is 0 Å². The van der Waals surface area contributed by atoms with Gasteiger partial charge >= 0.3 is 6.09 Å². The Kier molecular flexibility index (Phi) is 7.77. The van der Waals surface area contributed by atoms with E-state index in [1.165, 1.54) is 35.9 Å². The highest BCUT2D eigenvalue weighted by Crippen LogP contribution is 2.25. The maximum absolute atomic E-state index is 12.7. The Morgan fingerprint density at radius 2 is 1.69 bits per heavy atom. The van der Waals surface area contributed by atoms with Crippen molar-refractivity contribution in [3.05, 3.63) is 84.1 Å². The molecule has 1 fully saturated rings. The van der Waals surface area contributed by atoms with Gasteiger partial charge in [-0.2, -0.15) is 0 Å². The first-order chi connectivity index (χ1) is 16.9. The number of likely N-dealkylation sites (tertiary alicyclic amines) is 1. The van der Waals surface area contributed by atoms with Crippen LogP contribution in [0.25, 0.3) is 0 Å². The summed E-state index contributed by atoms with van der Waals surface area (Å²) < 4.78 is 5.32. The molecule has 2 atom stereocenters. The lowest BCUT2D eigenvalue weighted by Gasteiger charge is -2.39. The van der Waals surface area contributed by atoms with E-state index in [4.69, 9.17) is 4.74 Å². The molecule has 35 heavy (non-hydrogen) atoms. The largest absolute Gasteiger partial charge is 0.420 e. The van der Waals surface area contributed by atoms with E-state index in [1.54, 1.807) is 19.2 Å². The number of piperidine rings is 1. The van der Waals surface area contributed by atoms with E-state index < -0.39 is 6.09 Å². The number of benzene rings is 2. The number of rotatable bonds is 6. The lowest BCUT2D eigenvalue weighted by Crippen LogP contribution is -2.42. The molecule has 0 spiro atoms. The maximum atomic E-state index is 12.7. The molecule has 1 aliphatic rings. The minimum Gasteiger partial charge on any atom is -0.391 e. The quantitative estimate of drug-likeness (QED) is 0.496. The molecule has 1 saturated heterocycles. The monoisotopic (exact) mass is 472 g/mol. The number of ether oxygens (including phenoxy) is 1. The van der Waals surface area contributed by atoms with Gasteiger partial charge in [-0.05, 0) is 62.6 Å². The molecule has 2 aromatic carbocycles. The summed E-state index contributed by atoms with van der Waals surface area (Å²) >= 11 is 0. The Labute approximate surface area is 206 Å². The molecule has 2 heterocycles. The van der Waals surface area contributed by atoms with Gasteiger partial charge in [0, 0.05) is 43.0 Å². The molecule has 1 aliphatic heterocycles. The van der Waals surface area contributed by atoms with Gasteiger partial charge in [-0.3, -0.25) is 14.6 Å². The number of carbonyl (C=O) groups excluding carboxylic acids is 2. The maximum Gasteiger partial charge on any atom is 0.420 e. The summed E-state index contributed by atoms with van der Waals surface area (Å²) in [4.78, 5) is 33.1. The summed E-state index contributed by atoms with van der Waals surface area (Å²) in [5.74, 6) is -0.0621. The van der Waals surface area contributed by atoms with Crippen LogP contribution in [0.3, 0.4) is 0 Å². The SMILES string of the molecule is C[C@@H]1CCC[C@H](C)N1Cc1ccc(C(=O)Nc2ccc(OC(=O)N(C)c3ccccc3)nc2)cc1. The number of nitrogens with one attached hydrogen (secondary N) is 1. The summed E-state index contributed by atoms with van der Waals surface area (Å²) in [6.45, 7) is 5.48. The summed E-state index contributed by atoms with van der Waals surface area (Å²) in [6, 6.07) is 21.3. The number of anilines is 2. The van der Waals surface area contributed by atoms with Crippen LogP contribution in [0.15, 0.2) is 72.9 Å². The Bertz CT molecular complexity index is 1120. The van der Waals surface area contributed by atoms with Gasteiger partial charge in [0.05, 0.1) is 11.9 Å². The third kappa shape index (κ3) is 6.25. The van der Waals surface area contributed by atoms with Crippen LogP contribution in [-0.2, 0) is 6.54 Å². The van der Waals surface area contributed by atoms with Gasteiger partial charge < -0.3 is 10.1 Å². The van der Waals surface area contributed by atoms with Crippen molar-refractivity contribution >= 4 is 23.4 Å². The fourth-order valence-electron chi connectivity index (χ4n) is 4.39. The van der Waals surface area contributed by atoms with E-state index in [9.17, 15) is 9.59 Å². The molecular formula is C28H32N4O3. The highest BCUT2D eigenvalue weighted by Gasteiger charge is 2.24. The smallest absolute Gasteiger partial charge is 0.391 e. The number of nitrogens with zero attached hydrogens (tertiary/aromatic N) is 3. The normalized spacial score (nSPS) is 18.0. The van der Waals surface area contributed by atoms with Gasteiger partial charge in [-0.15, -0.1) is 0 Å². The molecule has 1 aromatic heterocycles. The van der Waals surface area contributed by atoms with Crippen LogP contribution >= 0.6 is 0 Å². The molecule has 4 rings (SSSR count). The van der Waals surface area contributed by atoms with E-state index in [0.717, 1.165) is 6.54 Å². The second kappa shape index (κ2) is 11.1. The van der Waals surface area contributed by atoms with E-state index >= 15 is 0 Å². The van der Waals surface area contributed by atoms with Crippen molar-refractivity contribution in [3.8, 4) is 5.88 Å². The van der Waals surface area contributed by atoms with Crippen LogP contribution in [0.4, 0.5) is 16.2 Å². The van der Waals surface area contributed by atoms with Crippen molar-refractivity contribution in [1.29, 1.82) is 0 Å². The molecule has 0 saturated carbocycles. The number of aromatic nitrogens is 1. The number of carbonyl (C=O) groups is 2. The average molecular weight is 473 g/mol. The second-order valence-electron chi connectivity index (χ2n) is 9.10. The molecule has 0 radical (unpaired) electrons. The molecule has 182 valence electrons. The standard InChI is InChI=1S/C28H32N4O3/c1-20-8-7-9-21(2)32(20)19-22-12-14-23(15-13-22)27(33)30-24-16-17-26(29-18-24)35-28(34)31(3)25-10-5-4-6-11-25/h4-6,10-18,20-21H,7-9,19H2,1-3H3,(H,30,33)/t20-,21+. The Balaban J connectivity index is 1.31. The summed E-state index contributed by atoms with van der Waals surface area (Å²) in [7, 11) is 1.63. The Hall–Kier alpha value is -3.71. The zero-order valence-corrected chi connectivity index (χ0v) is 20.5. The lowest BCUT2D eigenvalue weighted by molar-refractivity contribution is 0.0952. The number of amides is 2. The van der Waals surface area contributed by atoms with E-state index in [0.29, 0.717) is 29.0 Å². The molecule has 0 bridgehead atoms. The van der Waals surface area contributed by atoms with Gasteiger partial charge in [-0.25, -0.2) is 9.78 Å². The number of hydrogen-bond acceptors (Lipinski definition) is 5. The predicted octanol–water partition coefficient (Wildman–Crippen LogP) is 5.73. The number of pyridine rings is 1. The van der Waals surface area contributed by atoms with Crippen molar-refractivity contribution < 1.29 is 14.3 Å². The predicted molar refractivity (Wildman–Crippen MR) is 138 cm³/mol. The molecular weight excluding hydrogens is 440 g/mol. The van der Waals surface area contributed by atoms with Crippen molar-refractivity contribution in [2.45, 2.75) is 51.7 Å². The van der Waals surface area contributed by atoms with Crippen molar-refractivity contribution in [1.82, 2.24) is 9.88 Å². The number of hydrogen-bond donors (Lipinski definition) is 1. The minimum absolute atomic E-state index is 0.154. The van der Waals surface area contributed by atoms with Crippen LogP contribution in [0.2, 0.25) is 0 Å². The molecule has 7 heteroatoms. The lowest BCUT2D eigenvalue weighted by atomic mass is 9.96. The fourth-order valence-corrected chi connectivity index (χ4v) is 4.39. The van der Waals surface area contributed by atoms with Gasteiger partial charge in [0.15, 0.2) is 0 Å². The fraction of sp³-hybridized carbons (Fsp3) is 0.321. The van der Waals surface area contributed by atoms with Gasteiger partial charge in [0.2, 0.25) is 5.88 Å². The van der Waals surface area contributed by atoms with Crippen LogP contribution in [0.5, 0.6) is 5.88 Å². The van der Waals surface area contributed by atoms with E-state index in [2.05, 4.69) is 29.0 Å². The third-order valence-corrected chi connectivity index (χ3v) is 6.56. The zero-order valence-electron chi connectivity index (χ0n) is 20.5. The second-order valence-corrected chi connectivity index (χ2v) is 9.10. The summed E-state index contributed by atoms with van der Waals surface area (Å²) in [6.07, 6.45) is 4.69. The molecule has 1 N–H and O–H groups in total. The highest BCUT2D eigenvalue weighted by atomic mass is 16.6. The van der Waals surface area contributed by atoms with Gasteiger partial charge in [-0.1, -0.05) is 36.8 Å². The third-order valence-electron chi connectivity index (χ3n) is 6.56. The molecule has 7 nitrogen and oxygen atoms in total. The van der Waals surface area contributed by atoms with E-state index in [1.807, 2.05) is 54.6 Å². The highest BCUT2D eigenvalue weighted by molar-refractivity contribution is 6.04. The van der Waals surface area contributed by atoms with Crippen LogP contribution < -0.4 is 15.0 Å². The molecule has 0 aliphatic carbocycles. The van der Waals surface area contributed by atoms with Crippen molar-refractivity contribution in [3.63, 3.8) is 0 Å². The summed E-state index contributed by atoms with van der Waals surface area (Å²) in [5, 5.41) is 2.84.